The van der Waals surface area contributed by atoms with Gasteiger partial charge in [-0.1, -0.05) is 30.3 Å². The number of hydrogen-bond donors (Lipinski definition) is 1. The van der Waals surface area contributed by atoms with Crippen molar-refractivity contribution in [3.05, 3.63) is 69.8 Å². The van der Waals surface area contributed by atoms with Crippen molar-refractivity contribution in [1.82, 2.24) is 15.3 Å². The number of benzene rings is 1. The molecule has 3 aromatic rings. The number of carbonyl (C=O) groups is 1. The lowest BCUT2D eigenvalue weighted by atomic mass is 10.1. The summed E-state index contributed by atoms with van der Waals surface area (Å²) in [6, 6.07) is 15.1. The smallest absolute Gasteiger partial charge is 0.251 e. The number of nitrogens with zero attached hydrogens (tertiary/aromatic N) is 3. The van der Waals surface area contributed by atoms with Crippen LogP contribution in [0.25, 0.3) is 11.3 Å². The molecule has 25 heavy (non-hydrogen) atoms. The average Bonchev–Trinajstić information content (AvgIpc) is 3.03. The number of thiazole rings is 1. The molecule has 124 valence electrons. The number of rotatable bonds is 5. The van der Waals surface area contributed by atoms with Gasteiger partial charge >= 0.3 is 0 Å². The molecule has 0 bridgehead atoms. The van der Waals surface area contributed by atoms with Gasteiger partial charge in [0.2, 0.25) is 0 Å². The lowest BCUT2D eigenvalue weighted by molar-refractivity contribution is 0.0954. The first kappa shape index (κ1) is 16.8. The average molecular weight is 348 g/mol. The Morgan fingerprint density at radius 1 is 1.28 bits per heavy atom. The summed E-state index contributed by atoms with van der Waals surface area (Å²) in [5, 5.41) is 12.7. The summed E-state index contributed by atoms with van der Waals surface area (Å²) in [6.45, 7) is 2.55. The Balaban J connectivity index is 1.61. The fraction of sp³-hybridized carbons (Fsp3) is 0.158. The number of carbonyl (C=O) groups excluding carboxylic acids is 1. The lowest BCUT2D eigenvalue weighted by Gasteiger charge is -2.03. The van der Waals surface area contributed by atoms with Gasteiger partial charge in [0.15, 0.2) is 0 Å². The Morgan fingerprint density at radius 3 is 2.84 bits per heavy atom. The zero-order valence-electron chi connectivity index (χ0n) is 13.7. The molecule has 0 atom stereocenters. The van der Waals surface area contributed by atoms with Crippen molar-refractivity contribution in [3.63, 3.8) is 0 Å². The minimum Gasteiger partial charge on any atom is -0.352 e. The molecule has 0 aliphatic rings. The second-order valence-electron chi connectivity index (χ2n) is 5.43. The molecule has 1 amide bonds. The highest BCUT2D eigenvalue weighted by Gasteiger charge is 2.11. The predicted octanol–water partition coefficient (Wildman–Crippen LogP) is 3.36. The summed E-state index contributed by atoms with van der Waals surface area (Å²) in [6.07, 6.45) is 2.13. The highest BCUT2D eigenvalue weighted by molar-refractivity contribution is 7.12. The third kappa shape index (κ3) is 4.08. The predicted molar refractivity (Wildman–Crippen MR) is 97.3 cm³/mol. The van der Waals surface area contributed by atoms with E-state index in [2.05, 4.69) is 17.2 Å². The molecule has 0 aliphatic heterocycles. The van der Waals surface area contributed by atoms with Crippen molar-refractivity contribution in [1.29, 1.82) is 5.26 Å². The summed E-state index contributed by atoms with van der Waals surface area (Å²) in [4.78, 5) is 21.8. The maximum Gasteiger partial charge on any atom is 0.251 e. The van der Waals surface area contributed by atoms with Gasteiger partial charge in [-0.3, -0.25) is 4.79 Å². The minimum absolute atomic E-state index is 0.213. The molecule has 0 spiro atoms. The molecule has 0 fully saturated rings. The Bertz CT molecular complexity index is 928. The fourth-order valence-electron chi connectivity index (χ4n) is 2.44. The zero-order chi connectivity index (χ0) is 17.6. The number of aromatic nitrogens is 2. The molecule has 3 rings (SSSR count). The Morgan fingerprint density at radius 2 is 2.08 bits per heavy atom. The van der Waals surface area contributed by atoms with Crippen LogP contribution in [0.1, 0.15) is 25.9 Å². The topological polar surface area (TPSA) is 78.7 Å². The van der Waals surface area contributed by atoms with E-state index >= 15 is 0 Å². The number of aryl methyl sites for hydroxylation is 1. The Kier molecular flexibility index (Phi) is 5.17. The summed E-state index contributed by atoms with van der Waals surface area (Å²) in [5.74, 6) is -0.213. The van der Waals surface area contributed by atoms with Crippen LogP contribution in [-0.2, 0) is 6.42 Å². The normalized spacial score (nSPS) is 10.2. The second kappa shape index (κ2) is 7.69. The Labute approximate surface area is 150 Å². The van der Waals surface area contributed by atoms with Gasteiger partial charge in [-0.15, -0.1) is 11.3 Å². The number of hydrogen-bond acceptors (Lipinski definition) is 5. The summed E-state index contributed by atoms with van der Waals surface area (Å²) >= 11 is 1.65. The van der Waals surface area contributed by atoms with Crippen molar-refractivity contribution in [2.75, 3.05) is 6.54 Å². The van der Waals surface area contributed by atoms with Crippen LogP contribution < -0.4 is 5.32 Å². The monoisotopic (exact) mass is 348 g/mol. The third-order valence-electron chi connectivity index (χ3n) is 3.65. The van der Waals surface area contributed by atoms with Crippen molar-refractivity contribution in [2.24, 2.45) is 0 Å². The molecule has 2 heterocycles. The van der Waals surface area contributed by atoms with Crippen molar-refractivity contribution in [3.8, 4) is 17.3 Å². The summed E-state index contributed by atoms with van der Waals surface area (Å²) in [7, 11) is 0. The summed E-state index contributed by atoms with van der Waals surface area (Å²) < 4.78 is 0. The van der Waals surface area contributed by atoms with Gasteiger partial charge in [0.25, 0.3) is 5.91 Å². The van der Waals surface area contributed by atoms with Gasteiger partial charge in [-0.2, -0.15) is 5.26 Å². The number of pyridine rings is 1. The van der Waals surface area contributed by atoms with E-state index in [-0.39, 0.29) is 11.6 Å². The molecule has 1 aromatic carbocycles. The first-order chi connectivity index (χ1) is 12.2. The van der Waals surface area contributed by atoms with E-state index in [4.69, 9.17) is 10.2 Å². The molecule has 0 saturated heterocycles. The van der Waals surface area contributed by atoms with Crippen LogP contribution in [0.2, 0.25) is 0 Å². The maximum atomic E-state index is 12.1. The van der Waals surface area contributed by atoms with Gasteiger partial charge in [0.1, 0.15) is 11.8 Å². The first-order valence-electron chi connectivity index (χ1n) is 7.83. The van der Waals surface area contributed by atoms with Crippen LogP contribution >= 0.6 is 11.3 Å². The van der Waals surface area contributed by atoms with E-state index in [1.165, 1.54) is 17.1 Å². The van der Waals surface area contributed by atoms with E-state index in [0.717, 1.165) is 16.3 Å². The molecule has 1 N–H and O–H groups in total. The quantitative estimate of drug-likeness (QED) is 0.767. The third-order valence-corrected chi connectivity index (χ3v) is 4.68. The van der Waals surface area contributed by atoms with Crippen LogP contribution in [0.3, 0.4) is 0 Å². The van der Waals surface area contributed by atoms with Gasteiger partial charge in [-0.25, -0.2) is 9.97 Å². The van der Waals surface area contributed by atoms with Gasteiger partial charge in [0.05, 0.1) is 10.7 Å². The molecular weight excluding hydrogens is 332 g/mol. The van der Waals surface area contributed by atoms with E-state index in [9.17, 15) is 4.79 Å². The van der Waals surface area contributed by atoms with Crippen molar-refractivity contribution >= 4 is 17.2 Å². The molecule has 5 nitrogen and oxygen atoms in total. The van der Waals surface area contributed by atoms with E-state index in [0.29, 0.717) is 18.5 Å². The van der Waals surface area contributed by atoms with Crippen molar-refractivity contribution < 1.29 is 4.79 Å². The number of nitriles is 1. The zero-order valence-corrected chi connectivity index (χ0v) is 14.5. The molecule has 0 unspecified atom stereocenters. The summed E-state index contributed by atoms with van der Waals surface area (Å²) in [5.41, 5.74) is 2.77. The van der Waals surface area contributed by atoms with Crippen LogP contribution in [0.5, 0.6) is 0 Å². The lowest BCUT2D eigenvalue weighted by Crippen LogP contribution is -2.25. The van der Waals surface area contributed by atoms with Gasteiger partial charge < -0.3 is 5.32 Å². The Hall–Kier alpha value is -3.04. The van der Waals surface area contributed by atoms with Gasteiger partial charge in [0, 0.05) is 35.2 Å². The van der Waals surface area contributed by atoms with Crippen LogP contribution in [0, 0.1) is 18.3 Å². The first-order valence-corrected chi connectivity index (χ1v) is 8.65. The highest BCUT2D eigenvalue weighted by Crippen LogP contribution is 2.27. The van der Waals surface area contributed by atoms with Crippen LogP contribution in [0.15, 0.2) is 48.7 Å². The second-order valence-corrected chi connectivity index (χ2v) is 6.71. The molecule has 6 heteroatoms. The van der Waals surface area contributed by atoms with Crippen LogP contribution in [0.4, 0.5) is 0 Å². The standard InChI is InChI=1S/C19H16N4OS/c1-13-18(14-5-3-2-4-6-14)23-17(25-13)8-10-22-19(24)15-7-9-21-16(11-15)12-20/h2-7,9,11H,8,10H2,1H3,(H,22,24). The largest absolute Gasteiger partial charge is 0.352 e. The molecule has 0 radical (unpaired) electrons. The minimum atomic E-state index is -0.213. The van der Waals surface area contributed by atoms with E-state index in [1.807, 2.05) is 36.4 Å². The maximum absolute atomic E-state index is 12.1. The van der Waals surface area contributed by atoms with E-state index in [1.54, 1.807) is 17.4 Å². The highest BCUT2D eigenvalue weighted by atomic mass is 32.1. The molecule has 0 saturated carbocycles. The molecule has 0 aliphatic carbocycles. The fourth-order valence-corrected chi connectivity index (χ4v) is 3.39. The molecule has 2 aromatic heterocycles. The van der Waals surface area contributed by atoms with Gasteiger partial charge in [-0.05, 0) is 19.1 Å². The number of amides is 1. The SMILES string of the molecule is Cc1sc(CCNC(=O)c2ccnc(C#N)c2)nc1-c1ccccc1. The van der Waals surface area contributed by atoms with E-state index < -0.39 is 0 Å². The number of nitrogens with one attached hydrogen (secondary N) is 1. The van der Waals surface area contributed by atoms with Crippen molar-refractivity contribution in [2.45, 2.75) is 13.3 Å². The van der Waals surface area contributed by atoms with Crippen LogP contribution in [-0.4, -0.2) is 22.4 Å². The molecular formula is C19H16N4OS.